The number of benzene rings is 1. The van der Waals surface area contributed by atoms with Crippen LogP contribution >= 0.6 is 0 Å². The highest BCUT2D eigenvalue weighted by molar-refractivity contribution is 6.09. The minimum Gasteiger partial charge on any atom is -0.354 e. The van der Waals surface area contributed by atoms with Crippen LogP contribution in [0.4, 0.5) is 13.6 Å². The third-order valence-corrected chi connectivity index (χ3v) is 3.78. The maximum Gasteiger partial charge on any atom is 0.325 e. The van der Waals surface area contributed by atoms with Gasteiger partial charge in [0.15, 0.2) is 11.6 Å². The minimum atomic E-state index is -1.55. The van der Waals surface area contributed by atoms with Gasteiger partial charge in [-0.05, 0) is 30.5 Å². The van der Waals surface area contributed by atoms with Crippen LogP contribution in [-0.2, 0) is 15.1 Å². The van der Waals surface area contributed by atoms with Crippen LogP contribution < -0.4 is 10.6 Å². The van der Waals surface area contributed by atoms with Gasteiger partial charge < -0.3 is 10.6 Å². The lowest BCUT2D eigenvalue weighted by Gasteiger charge is -2.22. The van der Waals surface area contributed by atoms with Crippen molar-refractivity contribution in [2.24, 2.45) is 5.92 Å². The number of nitrogens with zero attached hydrogens (tertiary/aromatic N) is 1. The molecule has 2 rings (SSSR count). The second-order valence-electron chi connectivity index (χ2n) is 6.27. The molecule has 130 valence electrons. The first kappa shape index (κ1) is 17.8. The topological polar surface area (TPSA) is 78.5 Å². The molecule has 1 aromatic carbocycles. The zero-order chi connectivity index (χ0) is 18.1. The molecule has 24 heavy (non-hydrogen) atoms. The fourth-order valence-electron chi connectivity index (χ4n) is 2.36. The van der Waals surface area contributed by atoms with Gasteiger partial charge in [0.2, 0.25) is 5.91 Å². The van der Waals surface area contributed by atoms with E-state index < -0.39 is 41.6 Å². The molecular formula is C16H19F2N3O3. The van der Waals surface area contributed by atoms with E-state index in [1.54, 1.807) is 0 Å². The van der Waals surface area contributed by atoms with Crippen LogP contribution in [0, 0.1) is 17.6 Å². The molecule has 0 saturated carbocycles. The third kappa shape index (κ3) is 3.37. The van der Waals surface area contributed by atoms with Gasteiger partial charge >= 0.3 is 6.03 Å². The van der Waals surface area contributed by atoms with Crippen LogP contribution in [0.25, 0.3) is 0 Å². The zero-order valence-corrected chi connectivity index (χ0v) is 13.7. The second-order valence-corrected chi connectivity index (χ2v) is 6.27. The van der Waals surface area contributed by atoms with Crippen LogP contribution in [0.1, 0.15) is 26.3 Å². The van der Waals surface area contributed by atoms with Crippen LogP contribution in [0.2, 0.25) is 0 Å². The molecule has 0 aliphatic carbocycles. The Labute approximate surface area is 138 Å². The summed E-state index contributed by atoms with van der Waals surface area (Å²) in [5.74, 6) is -3.11. The Morgan fingerprint density at radius 2 is 1.96 bits per heavy atom. The summed E-state index contributed by atoms with van der Waals surface area (Å²) in [6.07, 6.45) is 0. The van der Waals surface area contributed by atoms with Crippen molar-refractivity contribution in [3.8, 4) is 0 Å². The number of carbonyl (C=O) groups excluding carboxylic acids is 3. The summed E-state index contributed by atoms with van der Waals surface area (Å²) >= 11 is 0. The van der Waals surface area contributed by atoms with Crippen molar-refractivity contribution in [2.45, 2.75) is 26.3 Å². The predicted octanol–water partition coefficient (Wildman–Crippen LogP) is 1.50. The molecular weight excluding hydrogens is 320 g/mol. The van der Waals surface area contributed by atoms with Gasteiger partial charge in [0.1, 0.15) is 12.1 Å². The van der Waals surface area contributed by atoms with E-state index in [1.165, 1.54) is 13.0 Å². The van der Waals surface area contributed by atoms with Crippen LogP contribution in [0.15, 0.2) is 18.2 Å². The van der Waals surface area contributed by atoms with Crippen LogP contribution in [0.3, 0.4) is 0 Å². The van der Waals surface area contributed by atoms with E-state index in [9.17, 15) is 23.2 Å². The smallest absolute Gasteiger partial charge is 0.325 e. The molecule has 6 nitrogen and oxygen atoms in total. The van der Waals surface area contributed by atoms with E-state index in [-0.39, 0.29) is 11.5 Å². The number of hydrogen-bond acceptors (Lipinski definition) is 3. The van der Waals surface area contributed by atoms with Crippen molar-refractivity contribution >= 4 is 17.8 Å². The maximum atomic E-state index is 13.4. The predicted molar refractivity (Wildman–Crippen MR) is 81.8 cm³/mol. The Kier molecular flexibility index (Phi) is 4.86. The molecule has 0 aromatic heterocycles. The molecule has 1 aliphatic rings. The SMILES string of the molecule is CC(C)CNC(=O)CN1C(=O)NC(C)(c2ccc(F)c(F)c2)C1=O. The summed E-state index contributed by atoms with van der Waals surface area (Å²) in [7, 11) is 0. The Morgan fingerprint density at radius 1 is 1.29 bits per heavy atom. The molecule has 8 heteroatoms. The Hall–Kier alpha value is -2.51. The fourth-order valence-corrected chi connectivity index (χ4v) is 2.36. The summed E-state index contributed by atoms with van der Waals surface area (Å²) in [6.45, 7) is 5.19. The van der Waals surface area contributed by atoms with Gasteiger partial charge in [-0.3, -0.25) is 14.5 Å². The number of rotatable bonds is 5. The Bertz CT molecular complexity index is 693. The number of hydrogen-bond donors (Lipinski definition) is 2. The molecule has 2 N–H and O–H groups in total. The first-order valence-electron chi connectivity index (χ1n) is 7.51. The highest BCUT2D eigenvalue weighted by Crippen LogP contribution is 2.29. The minimum absolute atomic E-state index is 0.102. The van der Waals surface area contributed by atoms with Gasteiger partial charge in [0, 0.05) is 6.54 Å². The van der Waals surface area contributed by atoms with E-state index in [4.69, 9.17) is 0 Å². The molecule has 1 heterocycles. The summed E-state index contributed by atoms with van der Waals surface area (Å²) in [5, 5.41) is 5.04. The highest BCUT2D eigenvalue weighted by Gasteiger charge is 2.49. The molecule has 4 amide bonds. The summed E-state index contributed by atoms with van der Waals surface area (Å²) in [6, 6.07) is 2.20. The molecule has 1 unspecified atom stereocenters. The summed E-state index contributed by atoms with van der Waals surface area (Å²) < 4.78 is 26.5. The third-order valence-electron chi connectivity index (χ3n) is 3.78. The van der Waals surface area contributed by atoms with E-state index >= 15 is 0 Å². The molecule has 1 aliphatic heterocycles. The lowest BCUT2D eigenvalue weighted by atomic mass is 9.92. The second kappa shape index (κ2) is 6.54. The number of nitrogens with one attached hydrogen (secondary N) is 2. The Balaban J connectivity index is 2.18. The largest absolute Gasteiger partial charge is 0.354 e. The van der Waals surface area contributed by atoms with Gasteiger partial charge in [-0.15, -0.1) is 0 Å². The van der Waals surface area contributed by atoms with Crippen molar-refractivity contribution in [1.29, 1.82) is 0 Å². The molecule has 1 fully saturated rings. The van der Waals surface area contributed by atoms with Gasteiger partial charge in [-0.1, -0.05) is 19.9 Å². The van der Waals surface area contributed by atoms with Gasteiger partial charge in [0.05, 0.1) is 0 Å². The number of imide groups is 1. The first-order valence-corrected chi connectivity index (χ1v) is 7.51. The lowest BCUT2D eigenvalue weighted by molar-refractivity contribution is -0.134. The van der Waals surface area contributed by atoms with Gasteiger partial charge in [-0.25, -0.2) is 13.6 Å². The first-order chi connectivity index (χ1) is 11.1. The monoisotopic (exact) mass is 339 g/mol. The van der Waals surface area contributed by atoms with Crippen molar-refractivity contribution in [2.75, 3.05) is 13.1 Å². The number of amides is 4. The van der Waals surface area contributed by atoms with Gasteiger partial charge in [0.25, 0.3) is 5.91 Å². The molecule has 1 atom stereocenters. The highest BCUT2D eigenvalue weighted by atomic mass is 19.2. The van der Waals surface area contributed by atoms with Crippen molar-refractivity contribution in [1.82, 2.24) is 15.5 Å². The van der Waals surface area contributed by atoms with Crippen molar-refractivity contribution in [3.63, 3.8) is 0 Å². The number of carbonyl (C=O) groups is 3. The molecule has 0 bridgehead atoms. The standard InChI is InChI=1S/C16H19F2N3O3/c1-9(2)7-19-13(22)8-21-14(23)16(3,20-15(21)24)10-4-5-11(17)12(18)6-10/h4-6,9H,7-8H2,1-3H3,(H,19,22)(H,20,24). The summed E-state index contributed by atoms with van der Waals surface area (Å²) in [4.78, 5) is 37.2. The van der Waals surface area contributed by atoms with Crippen LogP contribution in [0.5, 0.6) is 0 Å². The van der Waals surface area contributed by atoms with E-state index in [2.05, 4.69) is 10.6 Å². The number of urea groups is 1. The Morgan fingerprint density at radius 3 is 2.54 bits per heavy atom. The van der Waals surface area contributed by atoms with Crippen molar-refractivity contribution < 1.29 is 23.2 Å². The van der Waals surface area contributed by atoms with Gasteiger partial charge in [-0.2, -0.15) is 0 Å². The van der Waals surface area contributed by atoms with Crippen LogP contribution in [-0.4, -0.2) is 35.8 Å². The quantitative estimate of drug-likeness (QED) is 0.798. The van der Waals surface area contributed by atoms with E-state index in [1.807, 2.05) is 13.8 Å². The average Bonchev–Trinajstić information content (AvgIpc) is 2.72. The maximum absolute atomic E-state index is 13.4. The molecule has 1 saturated heterocycles. The number of halogens is 2. The normalized spacial score (nSPS) is 20.5. The summed E-state index contributed by atoms with van der Waals surface area (Å²) in [5.41, 5.74) is -1.45. The van der Waals surface area contributed by atoms with E-state index in [0.717, 1.165) is 17.0 Å². The molecule has 0 radical (unpaired) electrons. The average molecular weight is 339 g/mol. The van der Waals surface area contributed by atoms with E-state index in [0.29, 0.717) is 6.54 Å². The lowest BCUT2D eigenvalue weighted by Crippen LogP contribution is -2.43. The molecule has 0 spiro atoms. The molecule has 1 aromatic rings. The zero-order valence-electron chi connectivity index (χ0n) is 13.7. The fraction of sp³-hybridized carbons (Fsp3) is 0.438. The van der Waals surface area contributed by atoms with Crippen molar-refractivity contribution in [3.05, 3.63) is 35.4 Å².